The summed E-state index contributed by atoms with van der Waals surface area (Å²) < 4.78 is 43.6. The molecule has 0 unspecified atom stereocenters. The SMILES string of the molecule is Cc1ccc(C)c(N2N=C(C(=O)OCCc3cn[nH]c3C(F)(F)F)CCC2=O)c1. The average molecular weight is 408 g/mol. The van der Waals surface area contributed by atoms with E-state index < -0.39 is 17.8 Å². The first kappa shape index (κ1) is 20.6. The number of amides is 1. The molecule has 0 aliphatic carbocycles. The molecule has 2 heterocycles. The monoisotopic (exact) mass is 408 g/mol. The molecule has 0 spiro atoms. The van der Waals surface area contributed by atoms with Gasteiger partial charge in [0.1, 0.15) is 11.4 Å². The van der Waals surface area contributed by atoms with Gasteiger partial charge in [0.25, 0.3) is 0 Å². The normalized spacial score (nSPS) is 14.7. The topological polar surface area (TPSA) is 87.7 Å². The minimum atomic E-state index is -4.56. The summed E-state index contributed by atoms with van der Waals surface area (Å²) in [6, 6.07) is 5.54. The number of benzene rings is 1. The van der Waals surface area contributed by atoms with E-state index in [-0.39, 0.29) is 43.1 Å². The third kappa shape index (κ3) is 4.64. The quantitative estimate of drug-likeness (QED) is 0.769. The van der Waals surface area contributed by atoms with Gasteiger partial charge >= 0.3 is 12.1 Å². The van der Waals surface area contributed by atoms with Gasteiger partial charge in [0.2, 0.25) is 5.91 Å². The van der Waals surface area contributed by atoms with Crippen LogP contribution in [0.4, 0.5) is 18.9 Å². The second kappa shape index (κ2) is 8.06. The van der Waals surface area contributed by atoms with Gasteiger partial charge in [-0.05, 0) is 31.0 Å². The number of nitrogens with one attached hydrogen (secondary N) is 1. The van der Waals surface area contributed by atoms with Crippen molar-refractivity contribution in [3.63, 3.8) is 0 Å². The van der Waals surface area contributed by atoms with Crippen molar-refractivity contribution in [3.05, 3.63) is 46.8 Å². The molecule has 1 amide bonds. The van der Waals surface area contributed by atoms with Crippen molar-refractivity contribution in [2.45, 2.75) is 39.3 Å². The predicted molar refractivity (Wildman–Crippen MR) is 98.3 cm³/mol. The van der Waals surface area contributed by atoms with Crippen LogP contribution in [0.1, 0.15) is 35.2 Å². The molecule has 1 aromatic heterocycles. The van der Waals surface area contributed by atoms with Crippen LogP contribution in [0.5, 0.6) is 0 Å². The Morgan fingerprint density at radius 2 is 2.03 bits per heavy atom. The van der Waals surface area contributed by atoms with Crippen LogP contribution >= 0.6 is 0 Å². The molecule has 0 saturated heterocycles. The summed E-state index contributed by atoms with van der Waals surface area (Å²) in [5, 5.41) is 10.6. The van der Waals surface area contributed by atoms with Crippen molar-refractivity contribution in [1.29, 1.82) is 0 Å². The number of alkyl halides is 3. The summed E-state index contributed by atoms with van der Waals surface area (Å²) in [6.45, 7) is 3.44. The van der Waals surface area contributed by atoms with Gasteiger partial charge in [-0.2, -0.15) is 28.4 Å². The Morgan fingerprint density at radius 1 is 1.28 bits per heavy atom. The fourth-order valence-electron chi connectivity index (χ4n) is 2.92. The molecule has 1 aromatic carbocycles. The van der Waals surface area contributed by atoms with E-state index in [9.17, 15) is 22.8 Å². The molecule has 1 N–H and O–H groups in total. The molecule has 1 aliphatic rings. The average Bonchev–Trinajstić information content (AvgIpc) is 3.13. The predicted octanol–water partition coefficient (Wildman–Crippen LogP) is 3.31. The number of H-pyrrole nitrogens is 1. The minimum absolute atomic E-state index is 0.0498. The molecule has 0 fully saturated rings. The fraction of sp³-hybridized carbons (Fsp3) is 0.368. The van der Waals surface area contributed by atoms with E-state index in [1.807, 2.05) is 31.1 Å². The van der Waals surface area contributed by atoms with Gasteiger partial charge in [0.05, 0.1) is 18.5 Å². The number of anilines is 1. The molecule has 7 nitrogen and oxygen atoms in total. The fourth-order valence-corrected chi connectivity index (χ4v) is 2.92. The Bertz CT molecular complexity index is 966. The first-order valence-electron chi connectivity index (χ1n) is 8.91. The van der Waals surface area contributed by atoms with Crippen LogP contribution in [0.25, 0.3) is 0 Å². The summed E-state index contributed by atoms with van der Waals surface area (Å²) in [5.74, 6) is -1.01. The highest BCUT2D eigenvalue weighted by Crippen LogP contribution is 2.30. The van der Waals surface area contributed by atoms with E-state index in [1.165, 1.54) is 5.01 Å². The van der Waals surface area contributed by atoms with E-state index in [4.69, 9.17) is 4.74 Å². The Kier molecular flexibility index (Phi) is 5.71. The number of rotatable bonds is 5. The summed E-state index contributed by atoms with van der Waals surface area (Å²) in [6.07, 6.45) is -3.46. The van der Waals surface area contributed by atoms with Crippen LogP contribution in [0.2, 0.25) is 0 Å². The third-order valence-corrected chi connectivity index (χ3v) is 4.47. The van der Waals surface area contributed by atoms with Crippen molar-refractivity contribution in [2.75, 3.05) is 11.6 Å². The van der Waals surface area contributed by atoms with Crippen LogP contribution in [-0.4, -0.2) is 34.4 Å². The van der Waals surface area contributed by atoms with Crippen LogP contribution in [0.15, 0.2) is 29.5 Å². The molecule has 1 aliphatic heterocycles. The van der Waals surface area contributed by atoms with Crippen molar-refractivity contribution in [2.24, 2.45) is 5.10 Å². The van der Waals surface area contributed by atoms with E-state index in [0.29, 0.717) is 5.69 Å². The maximum absolute atomic E-state index is 12.8. The standard InChI is InChI=1S/C19H19F3N4O3/c1-11-3-4-12(2)15(9-11)26-16(27)6-5-14(25-26)18(28)29-8-7-13-10-23-24-17(13)19(20,21)22/h3-4,9-10H,5-8H2,1-2H3,(H,23,24). The third-order valence-electron chi connectivity index (χ3n) is 4.47. The van der Waals surface area contributed by atoms with E-state index in [2.05, 4.69) is 10.2 Å². The second-order valence-corrected chi connectivity index (χ2v) is 6.70. The van der Waals surface area contributed by atoms with E-state index >= 15 is 0 Å². The summed E-state index contributed by atoms with van der Waals surface area (Å²) in [7, 11) is 0. The number of aryl methyl sites for hydroxylation is 2. The lowest BCUT2D eigenvalue weighted by molar-refractivity contribution is -0.141. The largest absolute Gasteiger partial charge is 0.461 e. The van der Waals surface area contributed by atoms with Gasteiger partial charge in [-0.15, -0.1) is 0 Å². The number of carbonyl (C=O) groups is 2. The smallest absolute Gasteiger partial charge is 0.433 e. The maximum Gasteiger partial charge on any atom is 0.433 e. The number of carbonyl (C=O) groups excluding carboxylic acids is 2. The molecule has 0 radical (unpaired) electrons. The van der Waals surface area contributed by atoms with Gasteiger partial charge in [0, 0.05) is 24.8 Å². The Hall–Kier alpha value is -3.17. The minimum Gasteiger partial charge on any atom is -0.461 e. The molecule has 154 valence electrons. The number of hydrazone groups is 1. The number of ether oxygens (including phenoxy) is 1. The Balaban J connectivity index is 1.68. The maximum atomic E-state index is 12.8. The van der Waals surface area contributed by atoms with Gasteiger partial charge in [-0.1, -0.05) is 12.1 Å². The molecule has 10 heteroatoms. The van der Waals surface area contributed by atoms with Crippen molar-refractivity contribution in [1.82, 2.24) is 10.2 Å². The molecule has 2 aromatic rings. The summed E-state index contributed by atoms with van der Waals surface area (Å²) in [5.41, 5.74) is 1.33. The van der Waals surface area contributed by atoms with E-state index in [0.717, 1.165) is 17.3 Å². The molecule has 0 saturated carbocycles. The van der Waals surface area contributed by atoms with Crippen LogP contribution in [0.3, 0.4) is 0 Å². The number of hydrogen-bond acceptors (Lipinski definition) is 5. The lowest BCUT2D eigenvalue weighted by atomic mass is 10.1. The summed E-state index contributed by atoms with van der Waals surface area (Å²) >= 11 is 0. The molecular formula is C19H19F3N4O3. The molecule has 3 rings (SSSR count). The lowest BCUT2D eigenvalue weighted by Crippen LogP contribution is -2.35. The van der Waals surface area contributed by atoms with Gasteiger partial charge in [-0.3, -0.25) is 9.89 Å². The number of nitrogens with zero attached hydrogens (tertiary/aromatic N) is 3. The first-order valence-corrected chi connectivity index (χ1v) is 8.91. The van der Waals surface area contributed by atoms with Gasteiger partial charge < -0.3 is 4.74 Å². The highest BCUT2D eigenvalue weighted by Gasteiger charge is 2.35. The Labute approximate surface area is 164 Å². The van der Waals surface area contributed by atoms with E-state index in [1.54, 1.807) is 6.07 Å². The number of esters is 1. The summed E-state index contributed by atoms with van der Waals surface area (Å²) in [4.78, 5) is 24.6. The molecule has 0 bridgehead atoms. The number of hydrogen-bond donors (Lipinski definition) is 1. The molecular weight excluding hydrogens is 389 g/mol. The number of halogens is 3. The Morgan fingerprint density at radius 3 is 2.76 bits per heavy atom. The zero-order valence-corrected chi connectivity index (χ0v) is 15.8. The van der Waals surface area contributed by atoms with Crippen molar-refractivity contribution in [3.8, 4) is 0 Å². The van der Waals surface area contributed by atoms with Crippen molar-refractivity contribution < 1.29 is 27.5 Å². The van der Waals surface area contributed by atoms with Crippen LogP contribution in [-0.2, 0) is 26.9 Å². The highest BCUT2D eigenvalue weighted by atomic mass is 19.4. The second-order valence-electron chi connectivity index (χ2n) is 6.70. The first-order chi connectivity index (χ1) is 13.7. The van der Waals surface area contributed by atoms with Gasteiger partial charge in [0.15, 0.2) is 0 Å². The van der Waals surface area contributed by atoms with Crippen LogP contribution < -0.4 is 5.01 Å². The van der Waals surface area contributed by atoms with Crippen molar-refractivity contribution >= 4 is 23.3 Å². The number of aromatic nitrogens is 2. The number of aromatic amines is 1. The van der Waals surface area contributed by atoms with Gasteiger partial charge in [-0.25, -0.2) is 4.79 Å². The zero-order valence-electron chi connectivity index (χ0n) is 15.8. The highest BCUT2D eigenvalue weighted by molar-refractivity contribution is 6.38. The lowest BCUT2D eigenvalue weighted by Gasteiger charge is -2.24. The molecule has 0 atom stereocenters. The van der Waals surface area contributed by atoms with Crippen LogP contribution in [0, 0.1) is 13.8 Å². The zero-order chi connectivity index (χ0) is 21.2. The molecule has 29 heavy (non-hydrogen) atoms.